The summed E-state index contributed by atoms with van der Waals surface area (Å²) >= 11 is 6.18. The maximum atomic E-state index is 6.18. The number of pyridine rings is 1. The summed E-state index contributed by atoms with van der Waals surface area (Å²) in [6.45, 7) is 0. The average Bonchev–Trinajstić information content (AvgIpc) is 2.46. The van der Waals surface area contributed by atoms with E-state index < -0.39 is 0 Å². The van der Waals surface area contributed by atoms with Crippen LogP contribution in [-0.2, 0) is 6.42 Å². The van der Waals surface area contributed by atoms with Crippen LogP contribution in [0.3, 0.4) is 0 Å². The molecule has 1 aromatic heterocycles. The van der Waals surface area contributed by atoms with Crippen molar-refractivity contribution in [1.82, 2.24) is 10.3 Å². The number of aromatic nitrogens is 1. The van der Waals surface area contributed by atoms with Crippen molar-refractivity contribution in [3.05, 3.63) is 58.9 Å². The Morgan fingerprint density at radius 2 is 1.90 bits per heavy atom. The predicted octanol–water partition coefficient (Wildman–Crippen LogP) is 3.30. The van der Waals surface area contributed by atoms with Gasteiger partial charge in [-0.15, -0.1) is 0 Å². The van der Waals surface area contributed by atoms with E-state index in [0.717, 1.165) is 17.0 Å². The van der Waals surface area contributed by atoms with E-state index in [9.17, 15) is 0 Å². The number of rotatable bonds is 5. The molecule has 106 valence electrons. The number of benzene rings is 1. The highest BCUT2D eigenvalue weighted by Gasteiger charge is 2.12. The molecule has 0 saturated carbocycles. The van der Waals surface area contributed by atoms with Crippen LogP contribution in [0.1, 0.15) is 17.2 Å². The molecule has 1 N–H and O–H groups in total. The third-order valence-corrected chi connectivity index (χ3v) is 3.78. The number of anilines is 1. The number of likely N-dealkylation sites (N-methyl/N-ethyl adjacent to an activating group) is 1. The van der Waals surface area contributed by atoms with Crippen molar-refractivity contribution in [3.63, 3.8) is 0 Å². The van der Waals surface area contributed by atoms with Gasteiger partial charge in [0.15, 0.2) is 0 Å². The molecular weight excluding hydrogens is 270 g/mol. The van der Waals surface area contributed by atoms with Crippen molar-refractivity contribution >= 4 is 17.3 Å². The number of hydrogen-bond acceptors (Lipinski definition) is 3. The largest absolute Gasteiger partial charge is 0.378 e. The summed E-state index contributed by atoms with van der Waals surface area (Å²) in [5, 5.41) is 4.07. The molecular formula is C16H20ClN3. The number of halogens is 1. The van der Waals surface area contributed by atoms with E-state index in [4.69, 9.17) is 11.6 Å². The van der Waals surface area contributed by atoms with Gasteiger partial charge >= 0.3 is 0 Å². The van der Waals surface area contributed by atoms with Crippen molar-refractivity contribution in [1.29, 1.82) is 0 Å². The van der Waals surface area contributed by atoms with Gasteiger partial charge in [0.05, 0.1) is 5.02 Å². The zero-order valence-corrected chi connectivity index (χ0v) is 12.9. The van der Waals surface area contributed by atoms with Crippen LogP contribution in [0, 0.1) is 0 Å². The molecule has 2 aromatic rings. The van der Waals surface area contributed by atoms with Gasteiger partial charge in [-0.2, -0.15) is 0 Å². The van der Waals surface area contributed by atoms with Crippen molar-refractivity contribution in [3.8, 4) is 0 Å². The molecule has 0 aliphatic heterocycles. The second-order valence-corrected chi connectivity index (χ2v) is 5.41. The molecule has 0 aliphatic carbocycles. The zero-order valence-electron chi connectivity index (χ0n) is 12.1. The summed E-state index contributed by atoms with van der Waals surface area (Å²) < 4.78 is 0. The fraction of sp³-hybridized carbons (Fsp3) is 0.312. The van der Waals surface area contributed by atoms with E-state index in [1.165, 1.54) is 11.3 Å². The first-order valence-corrected chi connectivity index (χ1v) is 7.02. The molecule has 1 heterocycles. The summed E-state index contributed by atoms with van der Waals surface area (Å²) in [6.07, 6.45) is 4.32. The summed E-state index contributed by atoms with van der Waals surface area (Å²) in [6, 6.07) is 10.8. The normalized spacial score (nSPS) is 12.2. The summed E-state index contributed by atoms with van der Waals surface area (Å²) in [4.78, 5) is 6.12. The number of nitrogens with one attached hydrogen (secondary N) is 1. The lowest BCUT2D eigenvalue weighted by Crippen LogP contribution is -2.19. The molecule has 1 unspecified atom stereocenters. The van der Waals surface area contributed by atoms with Gasteiger partial charge in [0, 0.05) is 38.2 Å². The Hall–Kier alpha value is -1.58. The van der Waals surface area contributed by atoms with E-state index in [-0.39, 0.29) is 6.04 Å². The van der Waals surface area contributed by atoms with Crippen LogP contribution in [0.25, 0.3) is 0 Å². The van der Waals surface area contributed by atoms with Gasteiger partial charge in [-0.25, -0.2) is 0 Å². The molecule has 2 rings (SSSR count). The SMILES string of the molecule is CNC(Cc1ccncc1Cl)c1ccc(N(C)C)cc1. The second-order valence-electron chi connectivity index (χ2n) is 5.00. The first-order valence-electron chi connectivity index (χ1n) is 6.64. The summed E-state index contributed by atoms with van der Waals surface area (Å²) in [7, 11) is 6.06. The van der Waals surface area contributed by atoms with Crippen LogP contribution in [0.5, 0.6) is 0 Å². The van der Waals surface area contributed by atoms with Crippen molar-refractivity contribution in [2.45, 2.75) is 12.5 Å². The molecule has 0 fully saturated rings. The fourth-order valence-electron chi connectivity index (χ4n) is 2.18. The second kappa shape index (κ2) is 6.73. The van der Waals surface area contributed by atoms with E-state index in [1.807, 2.05) is 27.2 Å². The van der Waals surface area contributed by atoms with Gasteiger partial charge < -0.3 is 10.2 Å². The minimum Gasteiger partial charge on any atom is -0.378 e. The Morgan fingerprint density at radius 3 is 2.45 bits per heavy atom. The van der Waals surface area contributed by atoms with Gasteiger partial charge in [-0.3, -0.25) is 4.98 Å². The van der Waals surface area contributed by atoms with Crippen molar-refractivity contribution < 1.29 is 0 Å². The maximum absolute atomic E-state index is 6.18. The average molecular weight is 290 g/mol. The molecule has 0 amide bonds. The van der Waals surface area contributed by atoms with Crippen LogP contribution in [0.15, 0.2) is 42.7 Å². The van der Waals surface area contributed by atoms with Crippen LogP contribution in [-0.4, -0.2) is 26.1 Å². The molecule has 0 radical (unpaired) electrons. The molecule has 1 aromatic carbocycles. The minimum absolute atomic E-state index is 0.242. The molecule has 0 aliphatic rings. The standard InChI is InChI=1S/C16H20ClN3/c1-18-16(10-13-8-9-19-11-15(13)17)12-4-6-14(7-5-12)20(2)3/h4-9,11,16,18H,10H2,1-3H3. The van der Waals surface area contributed by atoms with E-state index >= 15 is 0 Å². The van der Waals surface area contributed by atoms with Crippen LogP contribution in [0.2, 0.25) is 5.02 Å². The lowest BCUT2D eigenvalue weighted by molar-refractivity contribution is 0.592. The molecule has 1 atom stereocenters. The highest BCUT2D eigenvalue weighted by Crippen LogP contribution is 2.24. The first kappa shape index (κ1) is 14.8. The Bertz CT molecular complexity index is 552. The quantitative estimate of drug-likeness (QED) is 0.915. The van der Waals surface area contributed by atoms with Gasteiger partial charge in [-0.05, 0) is 42.8 Å². The van der Waals surface area contributed by atoms with E-state index in [1.54, 1.807) is 12.4 Å². The van der Waals surface area contributed by atoms with E-state index in [0.29, 0.717) is 0 Å². The lowest BCUT2D eigenvalue weighted by atomic mass is 9.99. The summed E-state index contributed by atoms with van der Waals surface area (Å²) in [5.41, 5.74) is 3.56. The third-order valence-electron chi connectivity index (χ3n) is 3.44. The molecule has 0 bridgehead atoms. The van der Waals surface area contributed by atoms with Crippen molar-refractivity contribution in [2.24, 2.45) is 0 Å². The summed E-state index contributed by atoms with van der Waals surface area (Å²) in [5.74, 6) is 0. The molecule has 0 spiro atoms. The van der Waals surface area contributed by atoms with Gasteiger partial charge in [0.1, 0.15) is 0 Å². The topological polar surface area (TPSA) is 28.2 Å². The highest BCUT2D eigenvalue weighted by atomic mass is 35.5. The third kappa shape index (κ3) is 3.50. The maximum Gasteiger partial charge on any atom is 0.0622 e. The van der Waals surface area contributed by atoms with Crippen LogP contribution in [0.4, 0.5) is 5.69 Å². The Kier molecular flexibility index (Phi) is 4.99. The molecule has 0 saturated heterocycles. The predicted molar refractivity (Wildman–Crippen MR) is 85.5 cm³/mol. The van der Waals surface area contributed by atoms with Gasteiger partial charge in [-0.1, -0.05) is 23.7 Å². The smallest absolute Gasteiger partial charge is 0.0622 e. The Morgan fingerprint density at radius 1 is 1.20 bits per heavy atom. The molecule has 4 heteroatoms. The minimum atomic E-state index is 0.242. The van der Waals surface area contributed by atoms with Gasteiger partial charge in [0.2, 0.25) is 0 Å². The van der Waals surface area contributed by atoms with Crippen LogP contribution < -0.4 is 10.2 Å². The van der Waals surface area contributed by atoms with Crippen LogP contribution >= 0.6 is 11.6 Å². The van der Waals surface area contributed by atoms with Gasteiger partial charge in [0.25, 0.3) is 0 Å². The highest BCUT2D eigenvalue weighted by molar-refractivity contribution is 6.31. The number of hydrogen-bond donors (Lipinski definition) is 1. The van der Waals surface area contributed by atoms with Crippen molar-refractivity contribution in [2.75, 3.05) is 26.0 Å². The Labute approximate surface area is 125 Å². The molecule has 3 nitrogen and oxygen atoms in total. The first-order chi connectivity index (χ1) is 9.61. The lowest BCUT2D eigenvalue weighted by Gasteiger charge is -2.19. The molecule has 20 heavy (non-hydrogen) atoms. The Balaban J connectivity index is 2.18. The zero-order chi connectivity index (χ0) is 14.5. The number of nitrogens with zero attached hydrogens (tertiary/aromatic N) is 2. The monoisotopic (exact) mass is 289 g/mol. The fourth-order valence-corrected chi connectivity index (χ4v) is 2.38. The van der Waals surface area contributed by atoms with E-state index in [2.05, 4.69) is 39.5 Å².